The molecule has 32 heavy (non-hydrogen) atoms. The fraction of sp³-hybridized carbons (Fsp3) is 0.185. The van der Waals surface area contributed by atoms with E-state index in [9.17, 15) is 5.26 Å². The molecule has 2 heterocycles. The summed E-state index contributed by atoms with van der Waals surface area (Å²) in [5.41, 5.74) is 4.59. The third-order valence-corrected chi connectivity index (χ3v) is 6.36. The van der Waals surface area contributed by atoms with Gasteiger partial charge < -0.3 is 9.64 Å². The van der Waals surface area contributed by atoms with E-state index in [1.165, 1.54) is 17.0 Å². The Kier molecular flexibility index (Phi) is 6.53. The van der Waals surface area contributed by atoms with Crippen molar-refractivity contribution < 1.29 is 4.74 Å². The lowest BCUT2D eigenvalue weighted by molar-refractivity contribution is 0.318. The van der Waals surface area contributed by atoms with Crippen LogP contribution >= 0.6 is 11.3 Å². The third-order valence-electron chi connectivity index (χ3n) is 5.31. The van der Waals surface area contributed by atoms with Gasteiger partial charge in [-0.25, -0.2) is 4.98 Å². The van der Waals surface area contributed by atoms with Crippen LogP contribution in [-0.4, -0.2) is 18.1 Å². The van der Waals surface area contributed by atoms with Gasteiger partial charge in [-0.3, -0.25) is 0 Å². The SMILES string of the molecule is CCN(CC)c1ccc(C=CC2=C/C(=C(\C#N)c3nc4ccccc4s3)C=C(C)O2)cc1. The van der Waals surface area contributed by atoms with Crippen LogP contribution in [0.25, 0.3) is 21.9 Å². The van der Waals surface area contributed by atoms with Gasteiger partial charge in [0.15, 0.2) is 0 Å². The number of benzene rings is 2. The minimum absolute atomic E-state index is 0.559. The van der Waals surface area contributed by atoms with E-state index in [4.69, 9.17) is 4.74 Å². The molecule has 1 aliphatic rings. The first-order valence-electron chi connectivity index (χ1n) is 10.7. The molecule has 0 atom stereocenters. The van der Waals surface area contributed by atoms with Gasteiger partial charge in [-0.05, 0) is 68.8 Å². The summed E-state index contributed by atoms with van der Waals surface area (Å²) in [5, 5.41) is 10.6. The molecule has 1 aliphatic heterocycles. The largest absolute Gasteiger partial charge is 0.462 e. The number of anilines is 1. The Morgan fingerprint density at radius 3 is 2.50 bits per heavy atom. The topological polar surface area (TPSA) is 49.2 Å². The fourth-order valence-corrected chi connectivity index (χ4v) is 4.65. The molecule has 3 aromatic rings. The Bertz CT molecular complexity index is 1250. The van der Waals surface area contributed by atoms with Gasteiger partial charge in [0.25, 0.3) is 0 Å². The second-order valence-corrected chi connectivity index (χ2v) is 8.46. The Morgan fingerprint density at radius 2 is 1.81 bits per heavy atom. The van der Waals surface area contributed by atoms with Gasteiger partial charge in [0, 0.05) is 24.4 Å². The second-order valence-electron chi connectivity index (χ2n) is 7.43. The summed E-state index contributed by atoms with van der Waals surface area (Å²) in [7, 11) is 0. The van der Waals surface area contributed by atoms with Crippen molar-refractivity contribution in [2.24, 2.45) is 0 Å². The summed E-state index contributed by atoms with van der Waals surface area (Å²) in [5.74, 6) is 1.44. The predicted octanol–water partition coefficient (Wildman–Crippen LogP) is 6.95. The maximum atomic E-state index is 9.89. The first-order valence-corrected chi connectivity index (χ1v) is 11.5. The molecule has 0 radical (unpaired) electrons. The van der Waals surface area contributed by atoms with E-state index in [1.807, 2.05) is 55.5 Å². The van der Waals surface area contributed by atoms with Crippen LogP contribution in [0.4, 0.5) is 5.69 Å². The van der Waals surface area contributed by atoms with Gasteiger partial charge in [-0.1, -0.05) is 30.3 Å². The predicted molar refractivity (Wildman–Crippen MR) is 134 cm³/mol. The van der Waals surface area contributed by atoms with E-state index in [0.717, 1.165) is 45.2 Å². The number of rotatable bonds is 6. The Labute approximate surface area is 193 Å². The molecule has 0 N–H and O–H groups in total. The molecule has 0 aliphatic carbocycles. The number of nitriles is 1. The molecule has 0 fully saturated rings. The molecule has 1 aromatic heterocycles. The summed E-state index contributed by atoms with van der Waals surface area (Å²) in [4.78, 5) is 6.97. The maximum absolute atomic E-state index is 9.89. The van der Waals surface area contributed by atoms with Crippen LogP contribution in [0.3, 0.4) is 0 Å². The lowest BCUT2D eigenvalue weighted by Gasteiger charge is -2.20. The van der Waals surface area contributed by atoms with E-state index in [0.29, 0.717) is 11.3 Å². The first kappa shape index (κ1) is 21.6. The van der Waals surface area contributed by atoms with E-state index < -0.39 is 0 Å². The highest BCUT2D eigenvalue weighted by molar-refractivity contribution is 7.19. The van der Waals surface area contributed by atoms with E-state index in [2.05, 4.69) is 54.1 Å². The number of para-hydroxylation sites is 1. The van der Waals surface area contributed by atoms with Crippen molar-refractivity contribution in [2.45, 2.75) is 20.8 Å². The van der Waals surface area contributed by atoms with Crippen LogP contribution in [0.2, 0.25) is 0 Å². The molecular formula is C27H25N3OS. The molecule has 160 valence electrons. The van der Waals surface area contributed by atoms with Crippen molar-refractivity contribution in [1.82, 2.24) is 4.98 Å². The van der Waals surface area contributed by atoms with Gasteiger partial charge in [0.2, 0.25) is 0 Å². The summed E-state index contributed by atoms with van der Waals surface area (Å²) in [6.45, 7) is 8.20. The number of ether oxygens (including phenoxy) is 1. The van der Waals surface area contributed by atoms with E-state index in [1.54, 1.807) is 0 Å². The smallest absolute Gasteiger partial charge is 0.135 e. The Balaban J connectivity index is 1.62. The van der Waals surface area contributed by atoms with E-state index in [-0.39, 0.29) is 0 Å². The van der Waals surface area contributed by atoms with Gasteiger partial charge in [0.1, 0.15) is 22.6 Å². The summed E-state index contributed by atoms with van der Waals surface area (Å²) >= 11 is 1.53. The monoisotopic (exact) mass is 439 g/mol. The minimum Gasteiger partial charge on any atom is -0.462 e. The summed E-state index contributed by atoms with van der Waals surface area (Å²) in [6, 6.07) is 18.8. The van der Waals surface area contributed by atoms with E-state index >= 15 is 0 Å². The highest BCUT2D eigenvalue weighted by atomic mass is 32.1. The third kappa shape index (κ3) is 4.66. The highest BCUT2D eigenvalue weighted by Gasteiger charge is 2.15. The van der Waals surface area contributed by atoms with Crippen molar-refractivity contribution in [3.05, 3.63) is 94.4 Å². The zero-order chi connectivity index (χ0) is 22.5. The minimum atomic E-state index is 0.559. The number of aromatic nitrogens is 1. The molecule has 4 rings (SSSR count). The zero-order valence-electron chi connectivity index (χ0n) is 18.5. The van der Waals surface area contributed by atoms with Gasteiger partial charge in [-0.2, -0.15) is 5.26 Å². The number of hydrogen-bond donors (Lipinski definition) is 0. The van der Waals surface area contributed by atoms with Crippen molar-refractivity contribution in [1.29, 1.82) is 5.26 Å². The van der Waals surface area contributed by atoms with Crippen LogP contribution in [0.5, 0.6) is 0 Å². The molecule has 0 spiro atoms. The lowest BCUT2D eigenvalue weighted by atomic mass is 10.1. The van der Waals surface area contributed by atoms with Crippen molar-refractivity contribution >= 4 is 38.9 Å². The normalized spacial score (nSPS) is 15.2. The molecule has 0 saturated heterocycles. The highest BCUT2D eigenvalue weighted by Crippen LogP contribution is 2.32. The average Bonchev–Trinajstić information content (AvgIpc) is 3.23. The number of nitrogens with zero attached hydrogens (tertiary/aromatic N) is 3. The Morgan fingerprint density at radius 1 is 1.06 bits per heavy atom. The molecule has 5 heteroatoms. The molecule has 0 unspecified atom stereocenters. The molecule has 4 nitrogen and oxygen atoms in total. The standard InChI is InChI=1S/C27H25N3OS/c1-4-30(5-2)22-13-10-20(11-14-22)12-15-23-17-21(16-19(3)31-23)24(18-28)27-29-25-8-6-7-9-26(25)32-27/h6-17H,4-5H2,1-3H3/b15-12?,24-21+. The van der Waals surface area contributed by atoms with Crippen LogP contribution in [0.15, 0.2) is 83.9 Å². The average molecular weight is 440 g/mol. The summed E-state index contributed by atoms with van der Waals surface area (Å²) in [6.07, 6.45) is 7.76. The zero-order valence-corrected chi connectivity index (χ0v) is 19.3. The number of thiazole rings is 1. The van der Waals surface area contributed by atoms with Crippen molar-refractivity contribution in [3.63, 3.8) is 0 Å². The van der Waals surface area contributed by atoms with Gasteiger partial charge >= 0.3 is 0 Å². The van der Waals surface area contributed by atoms with Crippen LogP contribution in [0, 0.1) is 11.3 Å². The number of fused-ring (bicyclic) bond motifs is 1. The van der Waals surface area contributed by atoms with Crippen LogP contribution in [-0.2, 0) is 4.74 Å². The van der Waals surface area contributed by atoms with Crippen LogP contribution in [0.1, 0.15) is 31.3 Å². The molecule has 0 amide bonds. The number of allylic oxidation sites excluding steroid dienone is 6. The van der Waals surface area contributed by atoms with Crippen molar-refractivity contribution in [2.75, 3.05) is 18.0 Å². The first-order chi connectivity index (χ1) is 15.6. The molecular weight excluding hydrogens is 414 g/mol. The van der Waals surface area contributed by atoms with Gasteiger partial charge in [-0.15, -0.1) is 11.3 Å². The Hall–Kier alpha value is -3.62. The maximum Gasteiger partial charge on any atom is 0.135 e. The molecule has 2 aromatic carbocycles. The lowest BCUT2D eigenvalue weighted by Crippen LogP contribution is -2.21. The summed E-state index contributed by atoms with van der Waals surface area (Å²) < 4.78 is 6.96. The number of hydrogen-bond acceptors (Lipinski definition) is 5. The fourth-order valence-electron chi connectivity index (χ4n) is 3.66. The van der Waals surface area contributed by atoms with Crippen LogP contribution < -0.4 is 4.90 Å². The second kappa shape index (κ2) is 9.67. The molecule has 0 bridgehead atoms. The van der Waals surface area contributed by atoms with Gasteiger partial charge in [0.05, 0.1) is 15.8 Å². The quantitative estimate of drug-likeness (QED) is 0.390. The van der Waals surface area contributed by atoms with Crippen molar-refractivity contribution in [3.8, 4) is 6.07 Å². The molecule has 0 saturated carbocycles.